The molecule has 0 unspecified atom stereocenters. The highest BCUT2D eigenvalue weighted by Gasteiger charge is 2.40. The molecule has 12 heavy (non-hydrogen) atoms. The molecule has 0 aromatic carbocycles. The largest absolute Gasteiger partial charge is 0.393 e. The van der Waals surface area contributed by atoms with E-state index in [9.17, 15) is 5.11 Å². The van der Waals surface area contributed by atoms with E-state index in [4.69, 9.17) is 0 Å². The SMILES string of the molecule is C/C=C/[C@H](O)[Si](C)(C)C(C)(C)C. The molecule has 0 saturated carbocycles. The Morgan fingerprint density at radius 2 is 1.67 bits per heavy atom. The van der Waals surface area contributed by atoms with Crippen molar-refractivity contribution >= 4 is 8.07 Å². The van der Waals surface area contributed by atoms with Gasteiger partial charge in [-0.25, -0.2) is 0 Å². The first kappa shape index (κ1) is 11.9. The molecule has 0 heterocycles. The molecular weight excluding hydrogens is 164 g/mol. The Bertz CT molecular complexity index is 165. The summed E-state index contributed by atoms with van der Waals surface area (Å²) in [7, 11) is -1.56. The lowest BCUT2D eigenvalue weighted by molar-refractivity contribution is 0.284. The summed E-state index contributed by atoms with van der Waals surface area (Å²) in [6, 6.07) is 0. The average molecular weight is 186 g/mol. The number of rotatable bonds is 2. The molecule has 1 N–H and O–H groups in total. The minimum Gasteiger partial charge on any atom is -0.393 e. The molecule has 0 aliphatic heterocycles. The number of hydrogen-bond donors (Lipinski definition) is 1. The van der Waals surface area contributed by atoms with Crippen molar-refractivity contribution in [1.29, 1.82) is 0 Å². The molecule has 0 bridgehead atoms. The summed E-state index contributed by atoms with van der Waals surface area (Å²) in [5.41, 5.74) is -0.220. The topological polar surface area (TPSA) is 20.2 Å². The lowest BCUT2D eigenvalue weighted by Gasteiger charge is -2.39. The predicted molar refractivity (Wildman–Crippen MR) is 58.0 cm³/mol. The second-order valence-electron chi connectivity index (χ2n) is 4.94. The van der Waals surface area contributed by atoms with E-state index >= 15 is 0 Å². The molecule has 1 nitrogen and oxygen atoms in total. The molecule has 0 aromatic heterocycles. The molecule has 2 heteroatoms. The Labute approximate surface area is 77.5 Å². The molecule has 0 spiro atoms. The number of allylic oxidation sites excluding steroid dienone is 1. The van der Waals surface area contributed by atoms with Gasteiger partial charge in [-0.2, -0.15) is 0 Å². The van der Waals surface area contributed by atoms with Crippen molar-refractivity contribution in [3.05, 3.63) is 12.2 Å². The summed E-state index contributed by atoms with van der Waals surface area (Å²) >= 11 is 0. The van der Waals surface area contributed by atoms with E-state index in [-0.39, 0.29) is 10.8 Å². The zero-order chi connectivity index (χ0) is 9.99. The Hall–Kier alpha value is -0.0831. The van der Waals surface area contributed by atoms with Gasteiger partial charge in [0, 0.05) is 0 Å². The van der Waals surface area contributed by atoms with Crippen LogP contribution in [0.1, 0.15) is 27.7 Å². The average Bonchev–Trinajstić information content (AvgIpc) is 1.85. The van der Waals surface area contributed by atoms with E-state index in [0.29, 0.717) is 0 Å². The van der Waals surface area contributed by atoms with E-state index in [2.05, 4.69) is 33.9 Å². The van der Waals surface area contributed by atoms with Gasteiger partial charge in [0.15, 0.2) is 0 Å². The maximum Gasteiger partial charge on any atom is 0.0914 e. The van der Waals surface area contributed by atoms with E-state index in [1.54, 1.807) is 0 Å². The highest BCUT2D eigenvalue weighted by atomic mass is 28.3. The first-order valence-electron chi connectivity index (χ1n) is 4.54. The smallest absolute Gasteiger partial charge is 0.0914 e. The van der Waals surface area contributed by atoms with Gasteiger partial charge < -0.3 is 5.11 Å². The molecular formula is C10H22OSi. The van der Waals surface area contributed by atoms with Crippen LogP contribution in [0, 0.1) is 0 Å². The second-order valence-corrected chi connectivity index (χ2v) is 10.5. The van der Waals surface area contributed by atoms with Crippen LogP contribution in [-0.4, -0.2) is 18.9 Å². The Kier molecular flexibility index (Phi) is 3.73. The molecule has 0 radical (unpaired) electrons. The van der Waals surface area contributed by atoms with Crippen molar-refractivity contribution in [3.63, 3.8) is 0 Å². The zero-order valence-electron chi connectivity index (χ0n) is 9.18. The first-order chi connectivity index (χ1) is 5.23. The van der Waals surface area contributed by atoms with Crippen molar-refractivity contribution < 1.29 is 5.11 Å². The van der Waals surface area contributed by atoms with Crippen LogP contribution in [0.3, 0.4) is 0 Å². The first-order valence-corrected chi connectivity index (χ1v) is 7.62. The summed E-state index contributed by atoms with van der Waals surface area (Å²) in [6.45, 7) is 13.1. The lowest BCUT2D eigenvalue weighted by atomic mass is 10.2. The lowest BCUT2D eigenvalue weighted by Crippen LogP contribution is -2.48. The van der Waals surface area contributed by atoms with Crippen molar-refractivity contribution in [3.8, 4) is 0 Å². The van der Waals surface area contributed by atoms with Gasteiger partial charge in [-0.15, -0.1) is 0 Å². The molecule has 0 aromatic rings. The summed E-state index contributed by atoms with van der Waals surface area (Å²) in [5, 5.41) is 10.1. The minimum atomic E-state index is -1.56. The molecule has 1 atom stereocenters. The van der Waals surface area contributed by atoms with Crippen LogP contribution < -0.4 is 0 Å². The molecule has 72 valence electrons. The summed E-state index contributed by atoms with van der Waals surface area (Å²) in [6.07, 6.45) is 3.85. The van der Waals surface area contributed by atoms with Gasteiger partial charge in [-0.1, -0.05) is 46.0 Å². The monoisotopic (exact) mass is 186 g/mol. The van der Waals surface area contributed by atoms with Crippen LogP contribution in [0.25, 0.3) is 0 Å². The fraction of sp³-hybridized carbons (Fsp3) is 0.800. The van der Waals surface area contributed by atoms with Gasteiger partial charge in [0.1, 0.15) is 0 Å². The van der Waals surface area contributed by atoms with Gasteiger partial charge in [-0.3, -0.25) is 0 Å². The van der Waals surface area contributed by atoms with E-state index in [1.807, 2.05) is 19.1 Å². The normalized spacial score (nSPS) is 16.9. The van der Waals surface area contributed by atoms with Crippen molar-refractivity contribution in [2.75, 3.05) is 0 Å². The Morgan fingerprint density at radius 3 is 1.92 bits per heavy atom. The minimum absolute atomic E-state index is 0.220. The predicted octanol–water partition coefficient (Wildman–Crippen LogP) is 2.97. The van der Waals surface area contributed by atoms with E-state index in [1.165, 1.54) is 0 Å². The van der Waals surface area contributed by atoms with Crippen LogP contribution in [0.2, 0.25) is 18.1 Å². The molecule has 0 rings (SSSR count). The van der Waals surface area contributed by atoms with Gasteiger partial charge in [0.2, 0.25) is 0 Å². The standard InChI is InChI=1S/C10H22OSi/c1-7-8-9(11)12(5,6)10(2,3)4/h7-9,11H,1-6H3/b8-7+/t9-/m1/s1. The highest BCUT2D eigenvalue weighted by molar-refractivity contribution is 6.81. The van der Waals surface area contributed by atoms with E-state index in [0.717, 1.165) is 0 Å². The van der Waals surface area contributed by atoms with Gasteiger partial charge in [0.25, 0.3) is 0 Å². The van der Waals surface area contributed by atoms with Crippen LogP contribution >= 0.6 is 0 Å². The maximum atomic E-state index is 9.89. The highest BCUT2D eigenvalue weighted by Crippen LogP contribution is 2.38. The Balaban J connectivity index is 4.61. The molecule has 0 saturated heterocycles. The number of aliphatic hydroxyl groups excluding tert-OH is 1. The van der Waals surface area contributed by atoms with Crippen molar-refractivity contribution in [2.24, 2.45) is 0 Å². The van der Waals surface area contributed by atoms with Gasteiger partial charge in [0.05, 0.1) is 13.8 Å². The third-order valence-corrected chi connectivity index (χ3v) is 8.58. The third-order valence-electron chi connectivity index (χ3n) is 3.05. The quantitative estimate of drug-likeness (QED) is 0.519. The van der Waals surface area contributed by atoms with Gasteiger partial charge >= 0.3 is 0 Å². The number of aliphatic hydroxyl groups is 1. The number of hydrogen-bond acceptors (Lipinski definition) is 1. The Morgan fingerprint density at radius 1 is 1.25 bits per heavy atom. The second kappa shape index (κ2) is 3.75. The van der Waals surface area contributed by atoms with Crippen LogP contribution in [0.15, 0.2) is 12.2 Å². The summed E-state index contributed by atoms with van der Waals surface area (Å²) < 4.78 is 0. The molecule has 0 aliphatic rings. The van der Waals surface area contributed by atoms with Crippen LogP contribution in [0.5, 0.6) is 0 Å². The van der Waals surface area contributed by atoms with E-state index < -0.39 is 8.07 Å². The van der Waals surface area contributed by atoms with Crippen molar-refractivity contribution in [1.82, 2.24) is 0 Å². The fourth-order valence-corrected chi connectivity index (χ4v) is 2.43. The maximum absolute atomic E-state index is 9.89. The van der Waals surface area contributed by atoms with Gasteiger partial charge in [-0.05, 0) is 12.0 Å². The van der Waals surface area contributed by atoms with Crippen LogP contribution in [-0.2, 0) is 0 Å². The third kappa shape index (κ3) is 2.46. The fourth-order valence-electron chi connectivity index (χ4n) is 0.867. The molecule has 0 amide bonds. The van der Waals surface area contributed by atoms with Crippen molar-refractivity contribution in [2.45, 2.75) is 51.6 Å². The van der Waals surface area contributed by atoms with Crippen LogP contribution in [0.4, 0.5) is 0 Å². The summed E-state index contributed by atoms with van der Waals surface area (Å²) in [4.78, 5) is 0. The molecule has 0 aliphatic carbocycles. The zero-order valence-corrected chi connectivity index (χ0v) is 10.2. The molecule has 0 fully saturated rings. The summed E-state index contributed by atoms with van der Waals surface area (Å²) in [5.74, 6) is 0.